The van der Waals surface area contributed by atoms with Crippen molar-refractivity contribution in [1.29, 1.82) is 0 Å². The fraction of sp³-hybridized carbons (Fsp3) is 0.833. The number of carbonyl (C=O) groups excluding carboxylic acids is 2. The molecule has 18 heavy (non-hydrogen) atoms. The number of carbonyl (C=O) groups is 2. The van der Waals surface area contributed by atoms with E-state index >= 15 is 0 Å². The van der Waals surface area contributed by atoms with Crippen LogP contribution in [0.1, 0.15) is 13.8 Å². The Bertz CT molecular complexity index is 327. The first-order valence-corrected chi connectivity index (χ1v) is 6.51. The Hall–Kier alpha value is -1.14. The van der Waals surface area contributed by atoms with Crippen LogP contribution in [0.25, 0.3) is 0 Å². The third kappa shape index (κ3) is 2.64. The van der Waals surface area contributed by atoms with Crippen molar-refractivity contribution >= 4 is 11.8 Å². The van der Waals surface area contributed by atoms with Crippen LogP contribution < -0.4 is 10.6 Å². The SMILES string of the molecule is CC(C)C1C(=O)NCCN1C(=O)C1CNCCO1. The van der Waals surface area contributed by atoms with Crippen LogP contribution in [-0.2, 0) is 14.3 Å². The fourth-order valence-corrected chi connectivity index (χ4v) is 2.50. The lowest BCUT2D eigenvalue weighted by molar-refractivity contribution is -0.155. The molecule has 0 aromatic heterocycles. The van der Waals surface area contributed by atoms with Crippen molar-refractivity contribution < 1.29 is 14.3 Å². The number of ether oxygens (including phenoxy) is 1. The van der Waals surface area contributed by atoms with E-state index < -0.39 is 6.10 Å². The number of hydrogen-bond donors (Lipinski definition) is 2. The van der Waals surface area contributed by atoms with Crippen molar-refractivity contribution in [3.05, 3.63) is 0 Å². The van der Waals surface area contributed by atoms with E-state index in [9.17, 15) is 9.59 Å². The molecule has 2 amide bonds. The molecule has 2 heterocycles. The maximum atomic E-state index is 12.4. The van der Waals surface area contributed by atoms with Crippen molar-refractivity contribution in [3.63, 3.8) is 0 Å². The fourth-order valence-electron chi connectivity index (χ4n) is 2.50. The van der Waals surface area contributed by atoms with Gasteiger partial charge >= 0.3 is 0 Å². The standard InChI is InChI=1S/C12H21N3O3/c1-8(2)10-11(16)14-3-5-15(10)12(17)9-7-13-4-6-18-9/h8-10,13H,3-7H2,1-2H3,(H,14,16). The van der Waals surface area contributed by atoms with Gasteiger partial charge in [0.25, 0.3) is 5.91 Å². The van der Waals surface area contributed by atoms with E-state index in [1.807, 2.05) is 13.8 Å². The van der Waals surface area contributed by atoms with Gasteiger partial charge in [-0.05, 0) is 5.92 Å². The second-order valence-corrected chi connectivity index (χ2v) is 5.08. The summed E-state index contributed by atoms with van der Waals surface area (Å²) < 4.78 is 5.47. The summed E-state index contributed by atoms with van der Waals surface area (Å²) in [5.41, 5.74) is 0. The molecule has 0 spiro atoms. The molecule has 2 atom stereocenters. The van der Waals surface area contributed by atoms with E-state index in [0.717, 1.165) is 6.54 Å². The average Bonchev–Trinajstić information content (AvgIpc) is 2.38. The first kappa shape index (κ1) is 13.3. The van der Waals surface area contributed by atoms with Crippen LogP contribution in [0.4, 0.5) is 0 Å². The van der Waals surface area contributed by atoms with Crippen molar-refractivity contribution in [3.8, 4) is 0 Å². The van der Waals surface area contributed by atoms with Crippen LogP contribution in [0.5, 0.6) is 0 Å². The third-order valence-electron chi connectivity index (χ3n) is 3.37. The van der Waals surface area contributed by atoms with Gasteiger partial charge in [0.1, 0.15) is 12.1 Å². The lowest BCUT2D eigenvalue weighted by Gasteiger charge is -2.39. The van der Waals surface area contributed by atoms with Gasteiger partial charge in [-0.1, -0.05) is 13.8 Å². The molecule has 2 aliphatic rings. The lowest BCUT2D eigenvalue weighted by Crippen LogP contribution is -2.62. The van der Waals surface area contributed by atoms with Gasteiger partial charge in [0.05, 0.1) is 6.61 Å². The number of nitrogens with zero attached hydrogens (tertiary/aromatic N) is 1. The zero-order valence-electron chi connectivity index (χ0n) is 10.9. The molecule has 102 valence electrons. The summed E-state index contributed by atoms with van der Waals surface area (Å²) in [5.74, 6) is -0.0325. The number of rotatable bonds is 2. The number of piperazine rings is 1. The predicted octanol–water partition coefficient (Wildman–Crippen LogP) is -1.04. The number of morpholine rings is 1. The third-order valence-corrected chi connectivity index (χ3v) is 3.37. The van der Waals surface area contributed by atoms with Crippen LogP contribution in [0.3, 0.4) is 0 Å². The Morgan fingerprint density at radius 3 is 2.83 bits per heavy atom. The quantitative estimate of drug-likeness (QED) is 0.661. The summed E-state index contributed by atoms with van der Waals surface area (Å²) >= 11 is 0. The molecule has 2 aliphatic heterocycles. The van der Waals surface area contributed by atoms with Gasteiger partial charge in [-0.2, -0.15) is 0 Å². The van der Waals surface area contributed by atoms with Gasteiger partial charge in [-0.15, -0.1) is 0 Å². The Kier molecular flexibility index (Phi) is 4.19. The molecule has 0 radical (unpaired) electrons. The van der Waals surface area contributed by atoms with E-state index in [0.29, 0.717) is 26.2 Å². The van der Waals surface area contributed by atoms with Gasteiger partial charge in [0, 0.05) is 26.2 Å². The van der Waals surface area contributed by atoms with E-state index in [-0.39, 0.29) is 23.8 Å². The molecule has 0 bridgehead atoms. The summed E-state index contributed by atoms with van der Waals surface area (Å²) in [7, 11) is 0. The molecule has 0 aromatic rings. The highest BCUT2D eigenvalue weighted by Crippen LogP contribution is 2.16. The van der Waals surface area contributed by atoms with E-state index in [2.05, 4.69) is 10.6 Å². The molecular formula is C12H21N3O3. The van der Waals surface area contributed by atoms with Gasteiger partial charge < -0.3 is 20.3 Å². The molecule has 6 nitrogen and oxygen atoms in total. The van der Waals surface area contributed by atoms with E-state index in [1.165, 1.54) is 0 Å². The summed E-state index contributed by atoms with van der Waals surface area (Å²) in [6.07, 6.45) is -0.453. The van der Waals surface area contributed by atoms with Gasteiger partial charge in [0.15, 0.2) is 0 Å². The van der Waals surface area contributed by atoms with Crippen molar-refractivity contribution in [2.24, 2.45) is 5.92 Å². The highest BCUT2D eigenvalue weighted by atomic mass is 16.5. The number of amides is 2. The van der Waals surface area contributed by atoms with E-state index in [4.69, 9.17) is 4.74 Å². The van der Waals surface area contributed by atoms with Crippen LogP contribution >= 0.6 is 0 Å². The van der Waals surface area contributed by atoms with Crippen LogP contribution in [0, 0.1) is 5.92 Å². The molecule has 2 fully saturated rings. The normalized spacial score (nSPS) is 29.3. The van der Waals surface area contributed by atoms with Crippen molar-refractivity contribution in [2.45, 2.75) is 26.0 Å². The minimum Gasteiger partial charge on any atom is -0.366 e. The van der Waals surface area contributed by atoms with Crippen LogP contribution in [0.15, 0.2) is 0 Å². The minimum absolute atomic E-state index is 0.0617. The second kappa shape index (κ2) is 5.67. The maximum absolute atomic E-state index is 12.4. The summed E-state index contributed by atoms with van der Waals surface area (Å²) in [6.45, 7) is 6.84. The molecule has 0 saturated carbocycles. The molecule has 0 aromatic carbocycles. The largest absolute Gasteiger partial charge is 0.366 e. The maximum Gasteiger partial charge on any atom is 0.253 e. The van der Waals surface area contributed by atoms with Gasteiger partial charge in [-0.3, -0.25) is 9.59 Å². The van der Waals surface area contributed by atoms with Gasteiger partial charge in [0.2, 0.25) is 5.91 Å². The summed E-state index contributed by atoms with van der Waals surface area (Å²) in [6, 6.07) is -0.378. The molecule has 2 saturated heterocycles. The summed E-state index contributed by atoms with van der Waals surface area (Å²) in [4.78, 5) is 25.9. The Morgan fingerprint density at radius 1 is 1.44 bits per heavy atom. The first-order valence-electron chi connectivity index (χ1n) is 6.51. The minimum atomic E-state index is -0.453. The highest BCUT2D eigenvalue weighted by Gasteiger charge is 2.38. The zero-order valence-corrected chi connectivity index (χ0v) is 10.9. The Morgan fingerprint density at radius 2 is 2.22 bits per heavy atom. The molecule has 2 unspecified atom stereocenters. The van der Waals surface area contributed by atoms with Crippen LogP contribution in [-0.4, -0.2) is 61.6 Å². The topological polar surface area (TPSA) is 70.7 Å². The lowest BCUT2D eigenvalue weighted by atomic mass is 9.99. The molecule has 6 heteroatoms. The molecular weight excluding hydrogens is 234 g/mol. The number of nitrogens with one attached hydrogen (secondary N) is 2. The van der Waals surface area contributed by atoms with Crippen molar-refractivity contribution in [1.82, 2.24) is 15.5 Å². The van der Waals surface area contributed by atoms with Crippen LogP contribution in [0.2, 0.25) is 0 Å². The predicted molar refractivity (Wildman–Crippen MR) is 66.0 cm³/mol. The highest BCUT2D eigenvalue weighted by molar-refractivity contribution is 5.90. The Balaban J connectivity index is 2.08. The van der Waals surface area contributed by atoms with E-state index in [1.54, 1.807) is 4.90 Å². The van der Waals surface area contributed by atoms with Gasteiger partial charge in [-0.25, -0.2) is 0 Å². The molecule has 2 N–H and O–H groups in total. The molecule has 0 aliphatic carbocycles. The average molecular weight is 255 g/mol. The zero-order chi connectivity index (χ0) is 13.1. The second-order valence-electron chi connectivity index (χ2n) is 5.08. The first-order chi connectivity index (χ1) is 8.61. The Labute approximate surface area is 107 Å². The monoisotopic (exact) mass is 255 g/mol. The van der Waals surface area contributed by atoms with Crippen molar-refractivity contribution in [2.75, 3.05) is 32.8 Å². The molecule has 2 rings (SSSR count). The summed E-state index contributed by atoms with van der Waals surface area (Å²) in [5, 5.41) is 5.95. The smallest absolute Gasteiger partial charge is 0.253 e. The number of hydrogen-bond acceptors (Lipinski definition) is 4.